The van der Waals surface area contributed by atoms with Crippen LogP contribution in [0.5, 0.6) is 0 Å². The molecule has 64 valence electrons. The zero-order chi connectivity index (χ0) is 8.70. The number of alkyl halides is 3. The predicted molar refractivity (Wildman–Crippen MR) is 30.0 cm³/mol. The summed E-state index contributed by atoms with van der Waals surface area (Å²) in [6.45, 7) is 0. The second-order valence-electron chi connectivity index (χ2n) is 2.67. The zero-order valence-electron chi connectivity index (χ0n) is 5.86. The van der Waals surface area contributed by atoms with Crippen LogP contribution in [-0.4, -0.2) is 24.7 Å². The molecule has 1 aliphatic rings. The summed E-state index contributed by atoms with van der Waals surface area (Å²) in [4.78, 5) is 10.5. The SMILES string of the molecule is COC(=O)C1(F)CC(F)(F)C1. The van der Waals surface area contributed by atoms with Crippen molar-refractivity contribution in [2.75, 3.05) is 7.11 Å². The van der Waals surface area contributed by atoms with E-state index in [1.165, 1.54) is 0 Å². The number of carbonyl (C=O) groups excluding carboxylic acids is 1. The molecular formula is C6H7F3O2. The third kappa shape index (κ3) is 1.32. The Labute approximate surface area is 61.3 Å². The third-order valence-electron chi connectivity index (χ3n) is 1.63. The summed E-state index contributed by atoms with van der Waals surface area (Å²) in [5.74, 6) is -4.24. The molecule has 0 aliphatic heterocycles. The Balaban J connectivity index is 2.56. The lowest BCUT2D eigenvalue weighted by Gasteiger charge is -2.38. The van der Waals surface area contributed by atoms with Crippen molar-refractivity contribution in [3.05, 3.63) is 0 Å². The van der Waals surface area contributed by atoms with Gasteiger partial charge in [-0.3, -0.25) is 0 Å². The Morgan fingerprint density at radius 1 is 1.36 bits per heavy atom. The van der Waals surface area contributed by atoms with Gasteiger partial charge in [-0.1, -0.05) is 0 Å². The predicted octanol–water partition coefficient (Wildman–Crippen LogP) is 1.30. The van der Waals surface area contributed by atoms with E-state index in [2.05, 4.69) is 4.74 Å². The van der Waals surface area contributed by atoms with Crippen LogP contribution in [0.3, 0.4) is 0 Å². The monoisotopic (exact) mass is 168 g/mol. The Morgan fingerprint density at radius 3 is 2.09 bits per heavy atom. The first-order chi connectivity index (χ1) is 4.90. The summed E-state index contributed by atoms with van der Waals surface area (Å²) in [6, 6.07) is 0. The highest BCUT2D eigenvalue weighted by molar-refractivity contribution is 5.81. The van der Waals surface area contributed by atoms with Gasteiger partial charge in [-0.15, -0.1) is 0 Å². The molecule has 0 bridgehead atoms. The largest absolute Gasteiger partial charge is 0.467 e. The molecule has 1 rings (SSSR count). The van der Waals surface area contributed by atoms with Crippen LogP contribution in [0.15, 0.2) is 0 Å². The topological polar surface area (TPSA) is 26.3 Å². The molecule has 0 amide bonds. The lowest BCUT2D eigenvalue weighted by Crippen LogP contribution is -2.54. The molecule has 0 spiro atoms. The molecule has 0 unspecified atom stereocenters. The third-order valence-corrected chi connectivity index (χ3v) is 1.63. The van der Waals surface area contributed by atoms with Crippen molar-refractivity contribution in [1.29, 1.82) is 0 Å². The minimum atomic E-state index is -3.04. The molecule has 0 radical (unpaired) electrons. The van der Waals surface area contributed by atoms with E-state index < -0.39 is 30.4 Å². The Morgan fingerprint density at radius 2 is 1.82 bits per heavy atom. The van der Waals surface area contributed by atoms with E-state index in [0.717, 1.165) is 7.11 Å². The number of hydrogen-bond acceptors (Lipinski definition) is 2. The maximum absolute atomic E-state index is 12.8. The van der Waals surface area contributed by atoms with E-state index in [1.807, 2.05) is 0 Å². The Kier molecular flexibility index (Phi) is 1.61. The van der Waals surface area contributed by atoms with Crippen LogP contribution in [0.4, 0.5) is 13.2 Å². The number of hydrogen-bond donors (Lipinski definition) is 0. The number of carbonyl (C=O) groups is 1. The van der Waals surface area contributed by atoms with Crippen molar-refractivity contribution in [3.8, 4) is 0 Å². The second-order valence-corrected chi connectivity index (χ2v) is 2.67. The molecule has 0 atom stereocenters. The molecule has 0 saturated heterocycles. The fourth-order valence-corrected chi connectivity index (χ4v) is 1.10. The fourth-order valence-electron chi connectivity index (χ4n) is 1.10. The summed E-state index contributed by atoms with van der Waals surface area (Å²) in [5, 5.41) is 0. The van der Waals surface area contributed by atoms with Crippen molar-refractivity contribution in [2.45, 2.75) is 24.4 Å². The summed E-state index contributed by atoms with van der Waals surface area (Å²) in [5.41, 5.74) is -2.45. The molecule has 0 heterocycles. The number of halogens is 3. The van der Waals surface area contributed by atoms with Gasteiger partial charge in [0.25, 0.3) is 5.92 Å². The highest BCUT2D eigenvalue weighted by Gasteiger charge is 2.62. The minimum Gasteiger partial charge on any atom is -0.467 e. The Hall–Kier alpha value is -0.740. The maximum Gasteiger partial charge on any atom is 0.344 e. The summed E-state index contributed by atoms with van der Waals surface area (Å²) >= 11 is 0. The highest BCUT2D eigenvalue weighted by atomic mass is 19.3. The van der Waals surface area contributed by atoms with Gasteiger partial charge in [0.05, 0.1) is 20.0 Å². The van der Waals surface area contributed by atoms with Gasteiger partial charge in [0.1, 0.15) is 0 Å². The first-order valence-corrected chi connectivity index (χ1v) is 3.05. The molecule has 11 heavy (non-hydrogen) atoms. The molecule has 0 aromatic heterocycles. The smallest absolute Gasteiger partial charge is 0.344 e. The zero-order valence-corrected chi connectivity index (χ0v) is 5.86. The van der Waals surface area contributed by atoms with Crippen molar-refractivity contribution in [1.82, 2.24) is 0 Å². The molecule has 0 aromatic carbocycles. The van der Waals surface area contributed by atoms with Crippen molar-refractivity contribution >= 4 is 5.97 Å². The quantitative estimate of drug-likeness (QED) is 0.551. The Bertz CT molecular complexity index is 182. The average Bonchev–Trinajstić information content (AvgIpc) is 1.81. The number of rotatable bonds is 1. The molecule has 1 saturated carbocycles. The van der Waals surface area contributed by atoms with Gasteiger partial charge in [0.15, 0.2) is 0 Å². The van der Waals surface area contributed by atoms with Crippen LogP contribution >= 0.6 is 0 Å². The lowest BCUT2D eigenvalue weighted by molar-refractivity contribution is -0.200. The van der Waals surface area contributed by atoms with E-state index in [4.69, 9.17) is 0 Å². The summed E-state index contributed by atoms with van der Waals surface area (Å²) < 4.78 is 41.0. The molecule has 0 N–H and O–H groups in total. The number of ether oxygens (including phenoxy) is 1. The molecular weight excluding hydrogens is 161 g/mol. The van der Waals surface area contributed by atoms with E-state index in [9.17, 15) is 18.0 Å². The second kappa shape index (κ2) is 2.12. The normalized spacial score (nSPS) is 25.5. The van der Waals surface area contributed by atoms with E-state index in [0.29, 0.717) is 0 Å². The van der Waals surface area contributed by atoms with E-state index >= 15 is 0 Å². The van der Waals surface area contributed by atoms with Gasteiger partial charge >= 0.3 is 5.97 Å². The first-order valence-electron chi connectivity index (χ1n) is 3.05. The van der Waals surface area contributed by atoms with Crippen molar-refractivity contribution in [2.24, 2.45) is 0 Å². The standard InChI is InChI=1S/C6H7F3O2/c1-11-4(10)5(7)2-6(8,9)3-5/h2-3H2,1H3. The van der Waals surface area contributed by atoms with E-state index in [-0.39, 0.29) is 0 Å². The van der Waals surface area contributed by atoms with Gasteiger partial charge in [0.2, 0.25) is 5.67 Å². The van der Waals surface area contributed by atoms with Gasteiger partial charge in [-0.2, -0.15) is 0 Å². The summed E-state index contributed by atoms with van der Waals surface area (Å²) in [7, 11) is 0.972. The van der Waals surface area contributed by atoms with Crippen LogP contribution in [0, 0.1) is 0 Å². The van der Waals surface area contributed by atoms with Crippen LogP contribution in [0.25, 0.3) is 0 Å². The van der Waals surface area contributed by atoms with Gasteiger partial charge < -0.3 is 4.74 Å². The lowest BCUT2D eigenvalue weighted by atomic mass is 9.78. The van der Waals surface area contributed by atoms with Gasteiger partial charge in [0, 0.05) is 0 Å². The molecule has 5 heteroatoms. The van der Waals surface area contributed by atoms with Crippen molar-refractivity contribution < 1.29 is 22.7 Å². The first kappa shape index (κ1) is 8.36. The minimum absolute atomic E-state index is 0.972. The van der Waals surface area contributed by atoms with Gasteiger partial charge in [-0.05, 0) is 0 Å². The van der Waals surface area contributed by atoms with Gasteiger partial charge in [-0.25, -0.2) is 18.0 Å². The van der Waals surface area contributed by atoms with Crippen LogP contribution in [-0.2, 0) is 9.53 Å². The number of methoxy groups -OCH3 is 1. The molecule has 1 fully saturated rings. The maximum atomic E-state index is 12.8. The molecule has 1 aliphatic carbocycles. The average molecular weight is 168 g/mol. The highest BCUT2D eigenvalue weighted by Crippen LogP contribution is 2.48. The molecule has 2 nitrogen and oxygen atoms in total. The van der Waals surface area contributed by atoms with Crippen molar-refractivity contribution in [3.63, 3.8) is 0 Å². The number of esters is 1. The molecule has 0 aromatic rings. The van der Waals surface area contributed by atoms with Crippen LogP contribution in [0.2, 0.25) is 0 Å². The van der Waals surface area contributed by atoms with Crippen LogP contribution in [0.1, 0.15) is 12.8 Å². The van der Waals surface area contributed by atoms with Crippen LogP contribution < -0.4 is 0 Å². The summed E-state index contributed by atoms with van der Waals surface area (Å²) in [6.07, 6.45) is -2.10. The fraction of sp³-hybridized carbons (Fsp3) is 0.833. The van der Waals surface area contributed by atoms with E-state index in [1.54, 1.807) is 0 Å².